The molecule has 1 fully saturated rings. The number of nitrogens with one attached hydrogen (secondary N) is 1. The number of halogens is 1. The number of hydrogen-bond donors (Lipinski definition) is 2. The van der Waals surface area contributed by atoms with Crippen molar-refractivity contribution in [3.63, 3.8) is 0 Å². The van der Waals surface area contributed by atoms with E-state index in [4.69, 9.17) is 5.73 Å². The minimum absolute atomic E-state index is 0.213. The van der Waals surface area contributed by atoms with Crippen LogP contribution in [0.4, 0.5) is 10.1 Å². The maximum Gasteiger partial charge on any atom is 0.123 e. The highest BCUT2D eigenvalue weighted by Crippen LogP contribution is 2.28. The van der Waals surface area contributed by atoms with Gasteiger partial charge in [0.15, 0.2) is 0 Å². The highest BCUT2D eigenvalue weighted by Gasteiger charge is 2.14. The van der Waals surface area contributed by atoms with Crippen molar-refractivity contribution in [2.45, 2.75) is 6.54 Å². The smallest absolute Gasteiger partial charge is 0.123 e. The van der Waals surface area contributed by atoms with Crippen molar-refractivity contribution >= 4 is 5.69 Å². The molecule has 0 bridgehead atoms. The summed E-state index contributed by atoms with van der Waals surface area (Å²) in [5, 5.41) is 3.36. The summed E-state index contributed by atoms with van der Waals surface area (Å²) in [6, 6.07) is 12.9. The number of piperazine rings is 1. The molecule has 0 spiro atoms. The van der Waals surface area contributed by atoms with Gasteiger partial charge in [-0.25, -0.2) is 4.39 Å². The number of nitrogens with two attached hydrogens (primary N) is 1. The van der Waals surface area contributed by atoms with Crippen LogP contribution in [0.1, 0.15) is 5.56 Å². The molecule has 0 aromatic heterocycles. The van der Waals surface area contributed by atoms with Gasteiger partial charge in [-0.05, 0) is 41.0 Å². The lowest BCUT2D eigenvalue weighted by Crippen LogP contribution is -2.44. The zero-order valence-corrected chi connectivity index (χ0v) is 12.0. The van der Waals surface area contributed by atoms with E-state index in [9.17, 15) is 4.39 Å². The summed E-state index contributed by atoms with van der Waals surface area (Å²) in [6.45, 7) is 4.52. The van der Waals surface area contributed by atoms with Crippen LogP contribution in [-0.4, -0.2) is 26.2 Å². The SMILES string of the molecule is NCc1cc(-c2ccc(F)cc2)ccc1N1CCNCC1. The lowest BCUT2D eigenvalue weighted by Gasteiger charge is -2.31. The molecular formula is C17H20FN3. The first kappa shape index (κ1) is 14.0. The van der Waals surface area contributed by atoms with Crippen molar-refractivity contribution in [1.82, 2.24) is 5.32 Å². The van der Waals surface area contributed by atoms with E-state index in [-0.39, 0.29) is 5.82 Å². The number of rotatable bonds is 3. The Morgan fingerprint density at radius 3 is 2.33 bits per heavy atom. The quantitative estimate of drug-likeness (QED) is 0.909. The molecule has 0 saturated carbocycles. The molecular weight excluding hydrogens is 265 g/mol. The van der Waals surface area contributed by atoms with Crippen LogP contribution >= 0.6 is 0 Å². The minimum atomic E-state index is -0.213. The maximum absolute atomic E-state index is 13.0. The monoisotopic (exact) mass is 285 g/mol. The summed E-state index contributed by atoms with van der Waals surface area (Å²) in [5.74, 6) is -0.213. The van der Waals surface area contributed by atoms with Gasteiger partial charge in [0.25, 0.3) is 0 Å². The largest absolute Gasteiger partial charge is 0.369 e. The third kappa shape index (κ3) is 3.06. The molecule has 2 aromatic rings. The Kier molecular flexibility index (Phi) is 4.18. The first-order chi connectivity index (χ1) is 10.3. The van der Waals surface area contributed by atoms with Gasteiger partial charge in [-0.2, -0.15) is 0 Å². The minimum Gasteiger partial charge on any atom is -0.369 e. The van der Waals surface area contributed by atoms with E-state index in [1.165, 1.54) is 17.8 Å². The molecule has 0 radical (unpaired) electrons. The van der Waals surface area contributed by atoms with E-state index in [1.807, 2.05) is 0 Å². The fourth-order valence-corrected chi connectivity index (χ4v) is 2.79. The first-order valence-corrected chi connectivity index (χ1v) is 7.32. The van der Waals surface area contributed by atoms with E-state index in [1.54, 1.807) is 12.1 Å². The van der Waals surface area contributed by atoms with Crippen LogP contribution in [0.2, 0.25) is 0 Å². The third-order valence-electron chi connectivity index (χ3n) is 3.93. The number of anilines is 1. The number of benzene rings is 2. The average molecular weight is 285 g/mol. The Hall–Kier alpha value is -1.91. The lowest BCUT2D eigenvalue weighted by atomic mass is 10.0. The first-order valence-electron chi connectivity index (χ1n) is 7.32. The van der Waals surface area contributed by atoms with E-state index < -0.39 is 0 Å². The number of hydrogen-bond acceptors (Lipinski definition) is 3. The molecule has 2 aromatic carbocycles. The van der Waals surface area contributed by atoms with Gasteiger partial charge in [-0.1, -0.05) is 18.2 Å². The van der Waals surface area contributed by atoms with Crippen molar-refractivity contribution < 1.29 is 4.39 Å². The predicted octanol–water partition coefficient (Wildman–Crippen LogP) is 2.36. The second kappa shape index (κ2) is 6.24. The van der Waals surface area contributed by atoms with Crippen LogP contribution in [0.3, 0.4) is 0 Å². The van der Waals surface area contributed by atoms with Crippen molar-refractivity contribution in [2.75, 3.05) is 31.1 Å². The Bertz CT molecular complexity index is 604. The van der Waals surface area contributed by atoms with E-state index in [0.717, 1.165) is 42.9 Å². The summed E-state index contributed by atoms with van der Waals surface area (Å²) >= 11 is 0. The van der Waals surface area contributed by atoms with Crippen molar-refractivity contribution in [2.24, 2.45) is 5.73 Å². The molecule has 1 saturated heterocycles. The molecule has 4 heteroatoms. The standard InChI is InChI=1S/C17H20FN3/c18-16-4-1-13(2-5-16)14-3-6-17(15(11-14)12-19)21-9-7-20-8-10-21/h1-6,11,20H,7-10,12,19H2. The molecule has 0 unspecified atom stereocenters. The fraction of sp³-hybridized carbons (Fsp3) is 0.294. The molecule has 0 aliphatic carbocycles. The normalized spacial score (nSPS) is 15.2. The Labute approximate surface area is 124 Å². The molecule has 3 N–H and O–H groups in total. The molecule has 1 aliphatic heterocycles. The summed E-state index contributed by atoms with van der Waals surface area (Å²) in [4.78, 5) is 2.37. The van der Waals surface area contributed by atoms with Gasteiger partial charge in [0.05, 0.1) is 0 Å². The van der Waals surface area contributed by atoms with E-state index in [0.29, 0.717) is 6.54 Å². The fourth-order valence-electron chi connectivity index (χ4n) is 2.79. The zero-order chi connectivity index (χ0) is 14.7. The predicted molar refractivity (Wildman–Crippen MR) is 84.8 cm³/mol. The second-order valence-corrected chi connectivity index (χ2v) is 5.29. The van der Waals surface area contributed by atoms with E-state index in [2.05, 4.69) is 28.4 Å². The molecule has 3 nitrogen and oxygen atoms in total. The van der Waals surface area contributed by atoms with Gasteiger partial charge in [-0.3, -0.25) is 0 Å². The average Bonchev–Trinajstić information content (AvgIpc) is 2.56. The second-order valence-electron chi connectivity index (χ2n) is 5.29. The summed E-state index contributed by atoms with van der Waals surface area (Å²) < 4.78 is 13.0. The van der Waals surface area contributed by atoms with Gasteiger partial charge in [-0.15, -0.1) is 0 Å². The van der Waals surface area contributed by atoms with Crippen LogP contribution in [0, 0.1) is 5.82 Å². The van der Waals surface area contributed by atoms with Crippen LogP contribution in [0.5, 0.6) is 0 Å². The van der Waals surface area contributed by atoms with Gasteiger partial charge in [0.2, 0.25) is 0 Å². The molecule has 1 aliphatic rings. The van der Waals surface area contributed by atoms with Crippen molar-refractivity contribution in [3.8, 4) is 11.1 Å². The van der Waals surface area contributed by atoms with Crippen LogP contribution in [0.25, 0.3) is 11.1 Å². The highest BCUT2D eigenvalue weighted by atomic mass is 19.1. The Balaban J connectivity index is 1.92. The van der Waals surface area contributed by atoms with Crippen LogP contribution in [0.15, 0.2) is 42.5 Å². The lowest BCUT2D eigenvalue weighted by molar-refractivity contribution is 0.588. The Morgan fingerprint density at radius 2 is 1.67 bits per heavy atom. The summed E-state index contributed by atoms with van der Waals surface area (Å²) in [5.41, 5.74) is 10.4. The highest BCUT2D eigenvalue weighted by molar-refractivity contribution is 5.69. The molecule has 21 heavy (non-hydrogen) atoms. The van der Waals surface area contributed by atoms with Gasteiger partial charge >= 0.3 is 0 Å². The number of nitrogens with zero attached hydrogens (tertiary/aromatic N) is 1. The third-order valence-corrected chi connectivity index (χ3v) is 3.93. The summed E-state index contributed by atoms with van der Waals surface area (Å²) in [7, 11) is 0. The zero-order valence-electron chi connectivity index (χ0n) is 12.0. The Morgan fingerprint density at radius 1 is 1.00 bits per heavy atom. The molecule has 3 rings (SSSR count). The van der Waals surface area contributed by atoms with E-state index >= 15 is 0 Å². The van der Waals surface area contributed by atoms with Gasteiger partial charge in [0, 0.05) is 38.4 Å². The topological polar surface area (TPSA) is 41.3 Å². The molecule has 1 heterocycles. The van der Waals surface area contributed by atoms with Gasteiger partial charge in [0.1, 0.15) is 5.82 Å². The maximum atomic E-state index is 13.0. The van der Waals surface area contributed by atoms with Crippen molar-refractivity contribution in [1.29, 1.82) is 0 Å². The molecule has 110 valence electrons. The van der Waals surface area contributed by atoms with Gasteiger partial charge < -0.3 is 16.0 Å². The van der Waals surface area contributed by atoms with Crippen LogP contribution in [-0.2, 0) is 6.54 Å². The van der Waals surface area contributed by atoms with Crippen LogP contribution < -0.4 is 16.0 Å². The summed E-state index contributed by atoms with van der Waals surface area (Å²) in [6.07, 6.45) is 0. The molecule has 0 amide bonds. The molecule has 0 atom stereocenters. The van der Waals surface area contributed by atoms with Crippen molar-refractivity contribution in [3.05, 3.63) is 53.8 Å².